The van der Waals surface area contributed by atoms with Gasteiger partial charge < -0.3 is 5.32 Å². The van der Waals surface area contributed by atoms with Gasteiger partial charge in [-0.3, -0.25) is 0 Å². The van der Waals surface area contributed by atoms with Gasteiger partial charge in [0.25, 0.3) is 0 Å². The summed E-state index contributed by atoms with van der Waals surface area (Å²) in [6.07, 6.45) is 1.32. The lowest BCUT2D eigenvalue weighted by atomic mass is 9.84. The summed E-state index contributed by atoms with van der Waals surface area (Å²) < 4.78 is 0. The summed E-state index contributed by atoms with van der Waals surface area (Å²) in [5.74, 6) is 3.51. The van der Waals surface area contributed by atoms with Crippen molar-refractivity contribution in [3.63, 3.8) is 0 Å². The molecule has 0 aromatic heterocycles. The predicted molar refractivity (Wildman–Crippen MR) is 90.6 cm³/mol. The molecule has 0 radical (unpaired) electrons. The second kappa shape index (κ2) is 6.53. The van der Waals surface area contributed by atoms with Crippen LogP contribution in [0.2, 0.25) is 0 Å². The molecule has 1 aliphatic rings. The molecule has 1 N–H and O–H groups in total. The van der Waals surface area contributed by atoms with Crippen LogP contribution in [0.4, 0.5) is 0 Å². The van der Waals surface area contributed by atoms with Crippen LogP contribution in [0.25, 0.3) is 0 Å². The second-order valence-corrected chi connectivity index (χ2v) is 8.43. The molecule has 0 spiro atoms. The second-order valence-electron chi connectivity index (χ2n) is 7.37. The van der Waals surface area contributed by atoms with Gasteiger partial charge in [-0.2, -0.15) is 0 Å². The normalized spacial score (nSPS) is 21.6. The van der Waals surface area contributed by atoms with Crippen molar-refractivity contribution < 1.29 is 0 Å². The lowest BCUT2D eigenvalue weighted by Crippen LogP contribution is -2.39. The molecular formula is C18H29NS. The highest BCUT2D eigenvalue weighted by Crippen LogP contribution is 2.43. The first kappa shape index (κ1) is 15.9. The number of thioether (sulfide) groups is 1. The van der Waals surface area contributed by atoms with Crippen LogP contribution in [0.15, 0.2) is 29.2 Å². The lowest BCUT2D eigenvalue weighted by Gasteiger charge is -2.28. The number of rotatable bonds is 5. The molecule has 2 rings (SSSR count). The Balaban J connectivity index is 1.88. The van der Waals surface area contributed by atoms with Gasteiger partial charge in [0.05, 0.1) is 0 Å². The Kier molecular flexibility index (Phi) is 5.19. The van der Waals surface area contributed by atoms with E-state index in [0.717, 1.165) is 24.3 Å². The largest absolute Gasteiger partial charge is 0.312 e. The van der Waals surface area contributed by atoms with Gasteiger partial charge in [-0.25, -0.2) is 0 Å². The monoisotopic (exact) mass is 291 g/mol. The Morgan fingerprint density at radius 2 is 1.90 bits per heavy atom. The third-order valence-electron chi connectivity index (χ3n) is 4.38. The fourth-order valence-corrected chi connectivity index (χ4v) is 4.05. The molecule has 20 heavy (non-hydrogen) atoms. The van der Waals surface area contributed by atoms with Crippen LogP contribution >= 0.6 is 11.8 Å². The van der Waals surface area contributed by atoms with E-state index < -0.39 is 0 Å². The first-order chi connectivity index (χ1) is 9.37. The zero-order valence-electron chi connectivity index (χ0n) is 13.6. The number of benzene rings is 1. The lowest BCUT2D eigenvalue weighted by molar-refractivity contribution is 0.298. The quantitative estimate of drug-likeness (QED) is 0.826. The first-order valence-electron chi connectivity index (χ1n) is 7.83. The number of fused-ring (bicyclic) bond motifs is 1. The first-order valence-corrected chi connectivity index (χ1v) is 8.82. The highest BCUT2D eigenvalue weighted by Gasteiger charge is 2.26. The number of hydrogen-bond acceptors (Lipinski definition) is 2. The van der Waals surface area contributed by atoms with Gasteiger partial charge >= 0.3 is 0 Å². The topological polar surface area (TPSA) is 12.0 Å². The third kappa shape index (κ3) is 4.26. The van der Waals surface area contributed by atoms with Gasteiger partial charge in [0.1, 0.15) is 0 Å². The Morgan fingerprint density at radius 3 is 2.60 bits per heavy atom. The van der Waals surface area contributed by atoms with E-state index in [1.54, 1.807) is 5.56 Å². The molecular weight excluding hydrogens is 262 g/mol. The van der Waals surface area contributed by atoms with E-state index in [2.05, 4.69) is 64.2 Å². The number of nitrogens with one attached hydrogen (secondary N) is 1. The van der Waals surface area contributed by atoms with E-state index in [1.165, 1.54) is 17.1 Å². The van der Waals surface area contributed by atoms with E-state index in [1.807, 2.05) is 11.8 Å². The average Bonchev–Trinajstić information content (AvgIpc) is 2.78. The van der Waals surface area contributed by atoms with Crippen molar-refractivity contribution >= 4 is 11.8 Å². The van der Waals surface area contributed by atoms with Crippen molar-refractivity contribution in [2.75, 3.05) is 12.3 Å². The molecule has 0 saturated heterocycles. The molecule has 0 bridgehead atoms. The van der Waals surface area contributed by atoms with Gasteiger partial charge in [-0.1, -0.05) is 32.0 Å². The molecule has 1 aromatic rings. The molecule has 1 aromatic carbocycles. The molecule has 2 heteroatoms. The maximum atomic E-state index is 3.64. The van der Waals surface area contributed by atoms with Crippen molar-refractivity contribution in [1.82, 2.24) is 5.32 Å². The van der Waals surface area contributed by atoms with Crippen LogP contribution in [0.1, 0.15) is 52.5 Å². The van der Waals surface area contributed by atoms with Gasteiger partial charge in [0.2, 0.25) is 0 Å². The van der Waals surface area contributed by atoms with Crippen LogP contribution in [-0.4, -0.2) is 17.8 Å². The smallest absolute Gasteiger partial charge is 0.0107 e. The van der Waals surface area contributed by atoms with Crippen LogP contribution in [0.3, 0.4) is 0 Å². The summed E-state index contributed by atoms with van der Waals surface area (Å²) in [4.78, 5) is 1.50. The minimum atomic E-state index is 0.226. The van der Waals surface area contributed by atoms with E-state index >= 15 is 0 Å². The summed E-state index contributed by atoms with van der Waals surface area (Å²) in [5.41, 5.74) is 1.81. The number of hydrogen-bond donors (Lipinski definition) is 1. The van der Waals surface area contributed by atoms with Gasteiger partial charge in [0.15, 0.2) is 0 Å². The maximum Gasteiger partial charge on any atom is 0.0107 e. The Labute approximate surface area is 128 Å². The molecule has 3 atom stereocenters. The van der Waals surface area contributed by atoms with E-state index in [-0.39, 0.29) is 5.54 Å². The summed E-state index contributed by atoms with van der Waals surface area (Å²) in [6, 6.07) is 8.94. The Bertz CT molecular complexity index is 435. The fraction of sp³-hybridized carbons (Fsp3) is 0.667. The maximum absolute atomic E-state index is 3.64. The van der Waals surface area contributed by atoms with E-state index in [4.69, 9.17) is 0 Å². The Morgan fingerprint density at radius 1 is 1.20 bits per heavy atom. The standard InChI is InChI=1S/C18H29NS/c1-13(14(2)11-19-18(3,4)5)10-15-12-20-17-9-7-6-8-16(15)17/h6-9,13-15,19H,10-12H2,1-5H3. The van der Waals surface area contributed by atoms with Crippen molar-refractivity contribution in [3.05, 3.63) is 29.8 Å². The van der Waals surface area contributed by atoms with Crippen LogP contribution < -0.4 is 5.32 Å². The predicted octanol–water partition coefficient (Wildman–Crippen LogP) is 4.93. The van der Waals surface area contributed by atoms with Crippen molar-refractivity contribution in [3.8, 4) is 0 Å². The molecule has 0 fully saturated rings. The molecule has 1 aliphatic heterocycles. The average molecular weight is 292 g/mol. The van der Waals surface area contributed by atoms with Gasteiger partial charge in [-0.05, 0) is 63.1 Å². The summed E-state index contributed by atoms with van der Waals surface area (Å²) >= 11 is 2.03. The SMILES string of the molecule is CC(CNC(C)(C)C)C(C)CC1CSc2ccccc21. The summed E-state index contributed by atoms with van der Waals surface area (Å²) in [5, 5.41) is 3.64. The molecule has 3 unspecified atom stereocenters. The zero-order valence-corrected chi connectivity index (χ0v) is 14.4. The molecule has 1 heterocycles. The summed E-state index contributed by atoms with van der Waals surface area (Å²) in [7, 11) is 0. The molecule has 0 aliphatic carbocycles. The highest BCUT2D eigenvalue weighted by molar-refractivity contribution is 7.99. The molecule has 0 saturated carbocycles. The molecule has 1 nitrogen and oxygen atoms in total. The molecule has 0 amide bonds. The zero-order chi connectivity index (χ0) is 14.8. The summed E-state index contributed by atoms with van der Waals surface area (Å²) in [6.45, 7) is 12.7. The third-order valence-corrected chi connectivity index (χ3v) is 5.63. The van der Waals surface area contributed by atoms with Crippen LogP contribution in [0, 0.1) is 11.8 Å². The van der Waals surface area contributed by atoms with Gasteiger partial charge in [-0.15, -0.1) is 11.8 Å². The minimum absolute atomic E-state index is 0.226. The van der Waals surface area contributed by atoms with Crippen molar-refractivity contribution in [2.45, 2.75) is 57.4 Å². The van der Waals surface area contributed by atoms with Crippen molar-refractivity contribution in [2.24, 2.45) is 11.8 Å². The minimum Gasteiger partial charge on any atom is -0.312 e. The van der Waals surface area contributed by atoms with E-state index in [9.17, 15) is 0 Å². The van der Waals surface area contributed by atoms with Crippen LogP contribution in [-0.2, 0) is 0 Å². The fourth-order valence-electron chi connectivity index (χ4n) is 2.77. The highest BCUT2D eigenvalue weighted by atomic mass is 32.2. The van der Waals surface area contributed by atoms with Crippen molar-refractivity contribution in [1.29, 1.82) is 0 Å². The van der Waals surface area contributed by atoms with E-state index in [0.29, 0.717) is 0 Å². The molecule has 112 valence electrons. The van der Waals surface area contributed by atoms with Gasteiger partial charge in [0, 0.05) is 16.2 Å². The Hall–Kier alpha value is -0.470. The van der Waals surface area contributed by atoms with Crippen LogP contribution in [0.5, 0.6) is 0 Å².